The van der Waals surface area contributed by atoms with Gasteiger partial charge in [0.25, 0.3) is 0 Å². The van der Waals surface area contributed by atoms with Gasteiger partial charge < -0.3 is 14.4 Å². The molecule has 0 N–H and O–H groups in total. The highest BCUT2D eigenvalue weighted by molar-refractivity contribution is 5.48. The molecular formula is C18H20F2N4O2. The van der Waals surface area contributed by atoms with Crippen molar-refractivity contribution in [1.82, 2.24) is 14.9 Å². The van der Waals surface area contributed by atoms with Crippen molar-refractivity contribution in [3.8, 4) is 11.5 Å². The van der Waals surface area contributed by atoms with Crippen LogP contribution in [0.2, 0.25) is 0 Å². The van der Waals surface area contributed by atoms with Crippen LogP contribution in [-0.4, -0.2) is 47.3 Å². The predicted octanol–water partition coefficient (Wildman–Crippen LogP) is 2.90. The number of rotatable bonds is 4. The summed E-state index contributed by atoms with van der Waals surface area (Å²) in [6.07, 6.45) is 3.48. The number of para-hydroxylation sites is 1. The molecule has 1 aromatic heterocycles. The first-order chi connectivity index (χ1) is 12.5. The average Bonchev–Trinajstić information content (AvgIpc) is 2.97. The number of ether oxygens (including phenoxy) is 2. The van der Waals surface area contributed by atoms with E-state index in [2.05, 4.69) is 29.2 Å². The Morgan fingerprint density at radius 1 is 1.23 bits per heavy atom. The van der Waals surface area contributed by atoms with Crippen LogP contribution in [0.25, 0.3) is 0 Å². The summed E-state index contributed by atoms with van der Waals surface area (Å²) in [5.74, 6) is 1.13. The van der Waals surface area contributed by atoms with Crippen LogP contribution in [-0.2, 0) is 6.54 Å². The zero-order valence-corrected chi connectivity index (χ0v) is 14.4. The fraction of sp³-hybridized carbons (Fsp3) is 0.444. The molecule has 26 heavy (non-hydrogen) atoms. The van der Waals surface area contributed by atoms with Gasteiger partial charge in [-0.15, -0.1) is 8.78 Å². The summed E-state index contributed by atoms with van der Waals surface area (Å²) in [7, 11) is 2.01. The van der Waals surface area contributed by atoms with Gasteiger partial charge in [0.1, 0.15) is 5.82 Å². The van der Waals surface area contributed by atoms with Gasteiger partial charge in [0.2, 0.25) is 0 Å². The van der Waals surface area contributed by atoms with Gasteiger partial charge in [0.15, 0.2) is 11.5 Å². The maximum Gasteiger partial charge on any atom is 0.586 e. The van der Waals surface area contributed by atoms with E-state index < -0.39 is 6.29 Å². The molecule has 0 unspecified atom stereocenters. The number of halogens is 2. The van der Waals surface area contributed by atoms with Gasteiger partial charge in [-0.3, -0.25) is 9.88 Å². The molecule has 4 rings (SSSR count). The lowest BCUT2D eigenvalue weighted by atomic mass is 10.0. The highest BCUT2D eigenvalue weighted by Gasteiger charge is 2.44. The number of hydrogen-bond donors (Lipinski definition) is 0. The molecule has 138 valence electrons. The molecule has 2 aromatic rings. The molecule has 1 aromatic carbocycles. The maximum atomic E-state index is 13.3. The highest BCUT2D eigenvalue weighted by atomic mass is 19.3. The summed E-state index contributed by atoms with van der Waals surface area (Å²) >= 11 is 0. The summed E-state index contributed by atoms with van der Waals surface area (Å²) in [4.78, 5) is 12.9. The van der Waals surface area contributed by atoms with Crippen LogP contribution in [0.5, 0.6) is 11.5 Å². The van der Waals surface area contributed by atoms with Crippen molar-refractivity contribution < 1.29 is 18.3 Å². The lowest BCUT2D eigenvalue weighted by Gasteiger charge is -2.37. The van der Waals surface area contributed by atoms with Crippen molar-refractivity contribution in [3.05, 3.63) is 42.4 Å². The van der Waals surface area contributed by atoms with Crippen LogP contribution in [0.1, 0.15) is 18.4 Å². The average molecular weight is 362 g/mol. The molecule has 0 spiro atoms. The van der Waals surface area contributed by atoms with Crippen molar-refractivity contribution in [2.45, 2.75) is 31.7 Å². The number of anilines is 1. The normalized spacial score (nSPS) is 19.2. The monoisotopic (exact) mass is 362 g/mol. The van der Waals surface area contributed by atoms with Gasteiger partial charge in [0.05, 0.1) is 6.20 Å². The minimum atomic E-state index is -3.58. The molecule has 6 nitrogen and oxygen atoms in total. The first-order valence-corrected chi connectivity index (χ1v) is 8.61. The van der Waals surface area contributed by atoms with Gasteiger partial charge in [0, 0.05) is 43.6 Å². The topological polar surface area (TPSA) is 50.7 Å². The molecular weight excluding hydrogens is 342 g/mol. The SMILES string of the molecule is CN(Cc1cccc2c1OC(F)(F)O2)C1CCN(c2cnccn2)CC1. The Labute approximate surface area is 150 Å². The van der Waals surface area contributed by atoms with E-state index in [4.69, 9.17) is 0 Å². The molecule has 0 amide bonds. The molecule has 1 fully saturated rings. The summed E-state index contributed by atoms with van der Waals surface area (Å²) in [5.41, 5.74) is 0.707. The Morgan fingerprint density at radius 2 is 2.04 bits per heavy atom. The molecule has 0 atom stereocenters. The molecule has 2 aliphatic rings. The van der Waals surface area contributed by atoms with E-state index in [1.807, 2.05) is 7.05 Å². The second-order valence-electron chi connectivity index (χ2n) is 6.61. The van der Waals surface area contributed by atoms with Crippen LogP contribution < -0.4 is 14.4 Å². The first-order valence-electron chi connectivity index (χ1n) is 8.61. The van der Waals surface area contributed by atoms with Gasteiger partial charge in [-0.2, -0.15) is 0 Å². The lowest BCUT2D eigenvalue weighted by molar-refractivity contribution is -0.287. The lowest BCUT2D eigenvalue weighted by Crippen LogP contribution is -2.43. The Balaban J connectivity index is 1.39. The van der Waals surface area contributed by atoms with Gasteiger partial charge in [-0.05, 0) is 26.0 Å². The van der Waals surface area contributed by atoms with E-state index in [0.717, 1.165) is 31.7 Å². The minimum absolute atomic E-state index is 0.0957. The summed E-state index contributed by atoms with van der Waals surface area (Å²) < 4.78 is 35.9. The van der Waals surface area contributed by atoms with Crippen molar-refractivity contribution in [1.29, 1.82) is 0 Å². The van der Waals surface area contributed by atoms with Gasteiger partial charge >= 0.3 is 6.29 Å². The number of aromatic nitrogens is 2. The minimum Gasteiger partial charge on any atom is -0.395 e. The molecule has 0 bridgehead atoms. The summed E-state index contributed by atoms with van der Waals surface area (Å²) in [6, 6.07) is 5.37. The van der Waals surface area contributed by atoms with E-state index in [9.17, 15) is 8.78 Å². The second-order valence-corrected chi connectivity index (χ2v) is 6.61. The first kappa shape index (κ1) is 17.0. The van der Waals surface area contributed by atoms with E-state index in [0.29, 0.717) is 18.2 Å². The van der Waals surface area contributed by atoms with Crippen LogP contribution in [0, 0.1) is 0 Å². The Hall–Kier alpha value is -2.48. The number of benzene rings is 1. The molecule has 2 aliphatic heterocycles. The zero-order chi connectivity index (χ0) is 18.1. The van der Waals surface area contributed by atoms with Crippen molar-refractivity contribution in [2.75, 3.05) is 25.0 Å². The largest absolute Gasteiger partial charge is 0.586 e. The van der Waals surface area contributed by atoms with Crippen LogP contribution in [0.4, 0.5) is 14.6 Å². The van der Waals surface area contributed by atoms with Crippen LogP contribution >= 0.6 is 0 Å². The van der Waals surface area contributed by atoms with Crippen molar-refractivity contribution >= 4 is 5.82 Å². The molecule has 0 saturated carbocycles. The van der Waals surface area contributed by atoms with E-state index in [1.54, 1.807) is 30.7 Å². The van der Waals surface area contributed by atoms with Gasteiger partial charge in [-0.1, -0.05) is 12.1 Å². The van der Waals surface area contributed by atoms with E-state index in [-0.39, 0.29) is 11.5 Å². The molecule has 8 heteroatoms. The third-order valence-electron chi connectivity index (χ3n) is 4.89. The van der Waals surface area contributed by atoms with Gasteiger partial charge in [-0.25, -0.2) is 4.98 Å². The predicted molar refractivity (Wildman–Crippen MR) is 91.4 cm³/mol. The van der Waals surface area contributed by atoms with Crippen molar-refractivity contribution in [2.24, 2.45) is 0 Å². The number of nitrogens with zero attached hydrogens (tertiary/aromatic N) is 4. The molecule has 0 aliphatic carbocycles. The number of fused-ring (bicyclic) bond motifs is 1. The fourth-order valence-corrected chi connectivity index (χ4v) is 3.54. The second kappa shape index (κ2) is 6.68. The van der Waals surface area contributed by atoms with E-state index >= 15 is 0 Å². The number of piperidine rings is 1. The Morgan fingerprint density at radius 3 is 2.77 bits per heavy atom. The molecule has 3 heterocycles. The third kappa shape index (κ3) is 3.41. The quantitative estimate of drug-likeness (QED) is 0.834. The zero-order valence-electron chi connectivity index (χ0n) is 14.4. The van der Waals surface area contributed by atoms with Crippen LogP contribution in [0.15, 0.2) is 36.8 Å². The standard InChI is InChI=1S/C18H20F2N4O2/c1-23(12-13-3-2-4-15-17(13)26-18(19,20)25-15)14-5-9-24(10-6-14)16-11-21-7-8-22-16/h2-4,7-8,11,14H,5-6,9-10,12H2,1H3. The Bertz CT molecular complexity index is 767. The molecule has 0 radical (unpaired) electrons. The third-order valence-corrected chi connectivity index (χ3v) is 4.89. The van der Waals surface area contributed by atoms with Crippen molar-refractivity contribution in [3.63, 3.8) is 0 Å². The molecule has 1 saturated heterocycles. The summed E-state index contributed by atoms with van der Waals surface area (Å²) in [6.45, 7) is 2.30. The maximum absolute atomic E-state index is 13.3. The summed E-state index contributed by atoms with van der Waals surface area (Å²) in [5, 5.41) is 0. The number of alkyl halides is 2. The Kier molecular flexibility index (Phi) is 4.36. The van der Waals surface area contributed by atoms with E-state index in [1.165, 1.54) is 6.07 Å². The smallest absolute Gasteiger partial charge is 0.395 e. The van der Waals surface area contributed by atoms with Crippen LogP contribution in [0.3, 0.4) is 0 Å². The number of hydrogen-bond acceptors (Lipinski definition) is 6. The highest BCUT2D eigenvalue weighted by Crippen LogP contribution is 2.43. The fourth-order valence-electron chi connectivity index (χ4n) is 3.54.